The molecule has 0 aromatic heterocycles. The summed E-state index contributed by atoms with van der Waals surface area (Å²) in [6, 6.07) is 11.4. The van der Waals surface area contributed by atoms with E-state index >= 15 is 0 Å². The number of rotatable bonds is 5. The van der Waals surface area contributed by atoms with Crippen molar-refractivity contribution in [3.8, 4) is 0 Å². The average Bonchev–Trinajstić information content (AvgIpc) is 2.55. The Kier molecular flexibility index (Phi) is 6.02. The first-order valence-electron chi connectivity index (χ1n) is 7.16. The van der Waals surface area contributed by atoms with Crippen molar-refractivity contribution < 1.29 is 9.59 Å². The molecule has 0 aliphatic heterocycles. The second kappa shape index (κ2) is 7.99. The minimum Gasteiger partial charge on any atom is -0.352 e. The number of para-hydroxylation sites is 1. The van der Waals surface area contributed by atoms with E-state index in [4.69, 9.17) is 23.2 Å². The number of hydrogen-bond donors (Lipinski definition) is 2. The summed E-state index contributed by atoms with van der Waals surface area (Å²) in [6.45, 7) is 2.55. The number of carbonyl (C=O) groups is 2. The van der Waals surface area contributed by atoms with Gasteiger partial charge in [0.2, 0.25) is 0 Å². The van der Waals surface area contributed by atoms with Gasteiger partial charge in [-0.3, -0.25) is 9.59 Å². The topological polar surface area (TPSA) is 58.2 Å². The first-order chi connectivity index (χ1) is 11.0. The maximum absolute atomic E-state index is 12.3. The van der Waals surface area contributed by atoms with Gasteiger partial charge in [-0.25, -0.2) is 0 Å². The molecule has 0 saturated heterocycles. The van der Waals surface area contributed by atoms with Crippen LogP contribution in [0.4, 0.5) is 5.69 Å². The molecular formula is C17H16Cl2N2O2. The van der Waals surface area contributed by atoms with E-state index in [1.807, 2.05) is 6.92 Å². The van der Waals surface area contributed by atoms with Crippen molar-refractivity contribution >= 4 is 40.7 Å². The van der Waals surface area contributed by atoms with Crippen LogP contribution >= 0.6 is 23.2 Å². The monoisotopic (exact) mass is 350 g/mol. The molecule has 0 spiro atoms. The van der Waals surface area contributed by atoms with Crippen LogP contribution in [0.1, 0.15) is 34.1 Å². The summed E-state index contributed by atoms with van der Waals surface area (Å²) in [6.07, 6.45) is 0.837. The summed E-state index contributed by atoms with van der Waals surface area (Å²) >= 11 is 11.8. The van der Waals surface area contributed by atoms with Gasteiger partial charge >= 0.3 is 0 Å². The third kappa shape index (κ3) is 4.47. The second-order valence-electron chi connectivity index (χ2n) is 4.88. The fourth-order valence-electron chi connectivity index (χ4n) is 1.96. The zero-order chi connectivity index (χ0) is 16.8. The van der Waals surface area contributed by atoms with Crippen LogP contribution in [0.5, 0.6) is 0 Å². The highest BCUT2D eigenvalue weighted by Crippen LogP contribution is 2.23. The van der Waals surface area contributed by atoms with Crippen LogP contribution in [0, 0.1) is 0 Å². The highest BCUT2D eigenvalue weighted by Gasteiger charge is 2.14. The van der Waals surface area contributed by atoms with E-state index in [-0.39, 0.29) is 11.8 Å². The molecular weight excluding hydrogens is 335 g/mol. The Morgan fingerprint density at radius 2 is 1.74 bits per heavy atom. The smallest absolute Gasteiger partial charge is 0.255 e. The van der Waals surface area contributed by atoms with Crippen LogP contribution in [0.3, 0.4) is 0 Å². The molecule has 4 nitrogen and oxygen atoms in total. The normalized spacial score (nSPS) is 10.2. The standard InChI is InChI=1S/C17H16Cl2N2O2/c1-2-9-20-17(23)12-5-3-4-6-15(12)21-16(22)11-7-8-13(18)14(19)10-11/h3-8,10H,2,9H2,1H3,(H,20,23)(H,21,22). The molecule has 0 aliphatic carbocycles. The fraction of sp³-hybridized carbons (Fsp3) is 0.176. The van der Waals surface area contributed by atoms with Gasteiger partial charge in [-0.05, 0) is 36.8 Å². The lowest BCUT2D eigenvalue weighted by molar-refractivity contribution is 0.0954. The number of benzene rings is 2. The molecule has 0 saturated carbocycles. The van der Waals surface area contributed by atoms with Gasteiger partial charge in [0.05, 0.1) is 21.3 Å². The van der Waals surface area contributed by atoms with Crippen LogP contribution < -0.4 is 10.6 Å². The van der Waals surface area contributed by atoms with Crippen LogP contribution in [-0.2, 0) is 0 Å². The molecule has 0 radical (unpaired) electrons. The van der Waals surface area contributed by atoms with Crippen LogP contribution in [0.25, 0.3) is 0 Å². The Hall–Kier alpha value is -2.04. The number of halogens is 2. The molecule has 2 N–H and O–H groups in total. The molecule has 2 rings (SSSR count). The van der Waals surface area contributed by atoms with Crippen LogP contribution in [0.15, 0.2) is 42.5 Å². The van der Waals surface area contributed by atoms with Crippen molar-refractivity contribution in [3.05, 3.63) is 63.6 Å². The zero-order valence-electron chi connectivity index (χ0n) is 12.5. The number of hydrogen-bond acceptors (Lipinski definition) is 2. The molecule has 2 aromatic carbocycles. The predicted octanol–water partition coefficient (Wildman–Crippen LogP) is 4.39. The Morgan fingerprint density at radius 3 is 2.43 bits per heavy atom. The SMILES string of the molecule is CCCNC(=O)c1ccccc1NC(=O)c1ccc(Cl)c(Cl)c1. The molecule has 0 aliphatic rings. The molecule has 23 heavy (non-hydrogen) atoms. The maximum Gasteiger partial charge on any atom is 0.255 e. The Morgan fingerprint density at radius 1 is 1.00 bits per heavy atom. The largest absolute Gasteiger partial charge is 0.352 e. The second-order valence-corrected chi connectivity index (χ2v) is 5.70. The van der Waals surface area contributed by atoms with Crippen molar-refractivity contribution in [2.45, 2.75) is 13.3 Å². The third-order valence-electron chi connectivity index (χ3n) is 3.14. The number of carbonyl (C=O) groups excluding carboxylic acids is 2. The number of anilines is 1. The van der Waals surface area contributed by atoms with E-state index in [0.29, 0.717) is 33.4 Å². The minimum atomic E-state index is -0.362. The summed E-state index contributed by atoms with van der Waals surface area (Å²) in [5.74, 6) is -0.587. The van der Waals surface area contributed by atoms with Gasteiger partial charge < -0.3 is 10.6 Å². The summed E-state index contributed by atoms with van der Waals surface area (Å²) in [5, 5.41) is 6.20. The third-order valence-corrected chi connectivity index (χ3v) is 3.88. The Balaban J connectivity index is 2.20. The first kappa shape index (κ1) is 17.3. The Bertz CT molecular complexity index is 732. The Labute approximate surface area is 144 Å². The lowest BCUT2D eigenvalue weighted by atomic mass is 10.1. The van der Waals surface area contributed by atoms with Crippen molar-refractivity contribution in [1.29, 1.82) is 0 Å². The van der Waals surface area contributed by atoms with Gasteiger partial charge in [-0.15, -0.1) is 0 Å². The molecule has 0 atom stereocenters. The van der Waals surface area contributed by atoms with E-state index in [9.17, 15) is 9.59 Å². The summed E-state index contributed by atoms with van der Waals surface area (Å²) in [5.41, 5.74) is 1.22. The van der Waals surface area contributed by atoms with Gasteiger partial charge in [0.1, 0.15) is 0 Å². The lowest BCUT2D eigenvalue weighted by Gasteiger charge is -2.11. The number of nitrogens with one attached hydrogen (secondary N) is 2. The summed E-state index contributed by atoms with van der Waals surface area (Å²) in [4.78, 5) is 24.5. The fourth-order valence-corrected chi connectivity index (χ4v) is 2.25. The number of amides is 2. The predicted molar refractivity (Wildman–Crippen MR) is 93.5 cm³/mol. The van der Waals surface area contributed by atoms with E-state index in [0.717, 1.165) is 6.42 Å². The van der Waals surface area contributed by atoms with Gasteiger partial charge in [-0.1, -0.05) is 42.3 Å². The molecule has 6 heteroatoms. The first-order valence-corrected chi connectivity index (χ1v) is 7.92. The lowest BCUT2D eigenvalue weighted by Crippen LogP contribution is -2.25. The highest BCUT2D eigenvalue weighted by molar-refractivity contribution is 6.42. The molecule has 2 aromatic rings. The van der Waals surface area contributed by atoms with Crippen LogP contribution in [-0.4, -0.2) is 18.4 Å². The molecule has 0 unspecified atom stereocenters. The quantitative estimate of drug-likeness (QED) is 0.840. The van der Waals surface area contributed by atoms with Gasteiger partial charge in [-0.2, -0.15) is 0 Å². The molecule has 0 bridgehead atoms. The van der Waals surface area contributed by atoms with Crippen LogP contribution in [0.2, 0.25) is 10.0 Å². The summed E-state index contributed by atoms with van der Waals surface area (Å²) < 4.78 is 0. The van der Waals surface area contributed by atoms with Gasteiger partial charge in [0.15, 0.2) is 0 Å². The van der Waals surface area contributed by atoms with Crippen molar-refractivity contribution in [2.24, 2.45) is 0 Å². The maximum atomic E-state index is 12.3. The zero-order valence-corrected chi connectivity index (χ0v) is 14.0. The van der Waals surface area contributed by atoms with E-state index in [2.05, 4.69) is 10.6 Å². The molecule has 0 fully saturated rings. The minimum absolute atomic E-state index is 0.225. The van der Waals surface area contributed by atoms with Crippen molar-refractivity contribution in [1.82, 2.24) is 5.32 Å². The van der Waals surface area contributed by atoms with Crippen molar-refractivity contribution in [2.75, 3.05) is 11.9 Å². The van der Waals surface area contributed by atoms with E-state index in [1.54, 1.807) is 36.4 Å². The molecule has 120 valence electrons. The average molecular weight is 351 g/mol. The van der Waals surface area contributed by atoms with Gasteiger partial charge in [0.25, 0.3) is 11.8 Å². The van der Waals surface area contributed by atoms with Gasteiger partial charge in [0, 0.05) is 12.1 Å². The van der Waals surface area contributed by atoms with E-state index in [1.165, 1.54) is 6.07 Å². The summed E-state index contributed by atoms with van der Waals surface area (Å²) in [7, 11) is 0. The molecule has 0 heterocycles. The molecule has 2 amide bonds. The van der Waals surface area contributed by atoms with E-state index < -0.39 is 0 Å². The highest BCUT2D eigenvalue weighted by atomic mass is 35.5. The van der Waals surface area contributed by atoms with Crippen molar-refractivity contribution in [3.63, 3.8) is 0 Å².